The lowest BCUT2D eigenvalue weighted by Gasteiger charge is -2.26. The molecule has 3 N–H and O–H groups in total. The molecule has 2 amide bonds. The van der Waals surface area contributed by atoms with Gasteiger partial charge in [0.1, 0.15) is 0 Å². The maximum atomic E-state index is 11.9. The first-order valence-electron chi connectivity index (χ1n) is 6.47. The van der Waals surface area contributed by atoms with Crippen molar-refractivity contribution in [3.8, 4) is 0 Å². The van der Waals surface area contributed by atoms with Crippen molar-refractivity contribution >= 4 is 35.8 Å². The molecule has 1 aromatic carbocycles. The molecule has 0 aliphatic carbocycles. The van der Waals surface area contributed by atoms with Crippen molar-refractivity contribution in [2.45, 2.75) is 31.5 Å². The first-order valence-corrected chi connectivity index (χ1v) is 6.85. The van der Waals surface area contributed by atoms with Gasteiger partial charge in [0.05, 0.1) is 18.1 Å². The fourth-order valence-electron chi connectivity index (χ4n) is 2.43. The van der Waals surface area contributed by atoms with E-state index in [0.717, 1.165) is 5.56 Å². The van der Waals surface area contributed by atoms with Crippen molar-refractivity contribution in [2.24, 2.45) is 5.73 Å². The Labute approximate surface area is 135 Å². The summed E-state index contributed by atoms with van der Waals surface area (Å²) >= 11 is 5.88. The van der Waals surface area contributed by atoms with E-state index in [1.54, 1.807) is 31.0 Å². The van der Waals surface area contributed by atoms with Crippen molar-refractivity contribution < 1.29 is 9.59 Å². The molecule has 0 aromatic heterocycles. The zero-order valence-corrected chi connectivity index (χ0v) is 13.4. The molecule has 1 aromatic rings. The first kappa shape index (κ1) is 17.8. The van der Waals surface area contributed by atoms with E-state index in [9.17, 15) is 9.59 Å². The highest BCUT2D eigenvalue weighted by Gasteiger charge is 2.39. The summed E-state index contributed by atoms with van der Waals surface area (Å²) in [6.45, 7) is 1.62. The third-order valence-corrected chi connectivity index (χ3v) is 3.79. The van der Waals surface area contributed by atoms with Crippen LogP contribution in [0.3, 0.4) is 0 Å². The molecule has 1 aliphatic heterocycles. The summed E-state index contributed by atoms with van der Waals surface area (Å²) in [6.07, 6.45) is 0.280. The summed E-state index contributed by atoms with van der Waals surface area (Å²) in [5.41, 5.74) is 6.50. The zero-order valence-electron chi connectivity index (χ0n) is 11.9. The molecule has 116 valence electrons. The number of rotatable bonds is 3. The molecule has 3 atom stereocenters. The van der Waals surface area contributed by atoms with Gasteiger partial charge in [0.15, 0.2) is 0 Å². The summed E-state index contributed by atoms with van der Waals surface area (Å²) in [4.78, 5) is 25.3. The predicted octanol–water partition coefficient (Wildman–Crippen LogP) is 1.50. The number of nitrogens with one attached hydrogen (secondary N) is 1. The summed E-state index contributed by atoms with van der Waals surface area (Å²) in [5, 5.41) is 3.48. The van der Waals surface area contributed by atoms with E-state index < -0.39 is 6.04 Å². The number of carbonyl (C=O) groups is 2. The molecular formula is C14H19Cl2N3O2. The number of likely N-dealkylation sites (tertiary alicyclic amines) is 1. The number of likely N-dealkylation sites (N-methyl/N-ethyl adjacent to an activating group) is 1. The van der Waals surface area contributed by atoms with Crippen LogP contribution in [0.15, 0.2) is 24.3 Å². The fourth-order valence-corrected chi connectivity index (χ4v) is 2.55. The standard InChI is InChI=1S/C14H18ClN3O2.ClH/c1-8(16)14(20)17-11-7-12(19)18(2)13(11)9-3-5-10(15)6-4-9;/h3-6,8,11,13H,7,16H2,1-2H3,(H,17,20);1H. The second-order valence-electron chi connectivity index (χ2n) is 5.11. The van der Waals surface area contributed by atoms with Gasteiger partial charge in [-0.3, -0.25) is 9.59 Å². The van der Waals surface area contributed by atoms with Crippen LogP contribution in [0.1, 0.15) is 24.9 Å². The molecule has 0 radical (unpaired) electrons. The van der Waals surface area contributed by atoms with Crippen LogP contribution < -0.4 is 11.1 Å². The van der Waals surface area contributed by atoms with Crippen LogP contribution in [-0.4, -0.2) is 35.8 Å². The van der Waals surface area contributed by atoms with Gasteiger partial charge in [-0.25, -0.2) is 0 Å². The molecule has 1 fully saturated rings. The SMILES string of the molecule is CC(N)C(=O)NC1CC(=O)N(C)C1c1ccc(Cl)cc1.Cl. The maximum absolute atomic E-state index is 11.9. The fraction of sp³-hybridized carbons (Fsp3) is 0.429. The van der Waals surface area contributed by atoms with Crippen molar-refractivity contribution in [2.75, 3.05) is 7.05 Å². The van der Waals surface area contributed by atoms with Gasteiger partial charge in [-0.15, -0.1) is 12.4 Å². The molecule has 1 saturated heterocycles. The molecule has 0 saturated carbocycles. The van der Waals surface area contributed by atoms with Gasteiger partial charge in [0.2, 0.25) is 11.8 Å². The molecule has 21 heavy (non-hydrogen) atoms. The number of nitrogens with zero attached hydrogens (tertiary/aromatic N) is 1. The Kier molecular flexibility index (Phi) is 6.01. The number of halogens is 2. The van der Waals surface area contributed by atoms with Crippen LogP contribution in [0.4, 0.5) is 0 Å². The summed E-state index contributed by atoms with van der Waals surface area (Å²) in [5.74, 6) is -0.253. The van der Waals surface area contributed by atoms with Crippen molar-refractivity contribution in [1.29, 1.82) is 0 Å². The smallest absolute Gasteiger partial charge is 0.236 e. The average Bonchev–Trinajstić information content (AvgIpc) is 2.66. The molecule has 3 unspecified atom stereocenters. The average molecular weight is 332 g/mol. The molecular weight excluding hydrogens is 313 g/mol. The summed E-state index contributed by atoms with van der Waals surface area (Å²) in [6, 6.07) is 6.23. The molecule has 2 rings (SSSR count). The Hall–Kier alpha value is -1.30. The van der Waals surface area contributed by atoms with E-state index in [1.165, 1.54) is 0 Å². The summed E-state index contributed by atoms with van der Waals surface area (Å²) < 4.78 is 0. The number of hydrogen-bond donors (Lipinski definition) is 2. The van der Waals surface area contributed by atoms with Gasteiger partial charge in [-0.2, -0.15) is 0 Å². The van der Waals surface area contributed by atoms with Crippen LogP contribution in [0.25, 0.3) is 0 Å². The number of carbonyl (C=O) groups excluding carboxylic acids is 2. The van der Waals surface area contributed by atoms with E-state index in [2.05, 4.69) is 5.32 Å². The van der Waals surface area contributed by atoms with E-state index in [1.807, 2.05) is 12.1 Å². The van der Waals surface area contributed by atoms with E-state index >= 15 is 0 Å². The summed E-state index contributed by atoms with van der Waals surface area (Å²) in [7, 11) is 1.74. The van der Waals surface area contributed by atoms with Gasteiger partial charge in [-0.1, -0.05) is 23.7 Å². The van der Waals surface area contributed by atoms with Crippen molar-refractivity contribution in [3.63, 3.8) is 0 Å². The van der Waals surface area contributed by atoms with Gasteiger partial charge >= 0.3 is 0 Å². The van der Waals surface area contributed by atoms with Gasteiger partial charge in [0, 0.05) is 18.5 Å². The minimum atomic E-state index is -0.595. The monoisotopic (exact) mass is 331 g/mol. The number of hydrogen-bond acceptors (Lipinski definition) is 3. The van der Waals surface area contributed by atoms with Crippen LogP contribution >= 0.6 is 24.0 Å². The van der Waals surface area contributed by atoms with Gasteiger partial charge in [0.25, 0.3) is 0 Å². The molecule has 0 bridgehead atoms. The second kappa shape index (κ2) is 7.11. The highest BCUT2D eigenvalue weighted by molar-refractivity contribution is 6.30. The van der Waals surface area contributed by atoms with E-state index in [4.69, 9.17) is 17.3 Å². The highest BCUT2D eigenvalue weighted by atomic mass is 35.5. The number of benzene rings is 1. The Morgan fingerprint density at radius 2 is 2.00 bits per heavy atom. The zero-order chi connectivity index (χ0) is 14.9. The minimum Gasteiger partial charge on any atom is -0.349 e. The van der Waals surface area contributed by atoms with Crippen LogP contribution in [-0.2, 0) is 9.59 Å². The molecule has 1 aliphatic rings. The molecule has 7 heteroatoms. The highest BCUT2D eigenvalue weighted by Crippen LogP contribution is 2.32. The lowest BCUT2D eigenvalue weighted by atomic mass is 10.00. The van der Waals surface area contributed by atoms with Crippen molar-refractivity contribution in [3.05, 3.63) is 34.9 Å². The Morgan fingerprint density at radius 1 is 1.43 bits per heavy atom. The quantitative estimate of drug-likeness (QED) is 0.881. The number of nitrogens with two attached hydrogens (primary N) is 1. The third kappa shape index (κ3) is 3.87. The lowest BCUT2D eigenvalue weighted by Crippen LogP contribution is -2.45. The maximum Gasteiger partial charge on any atom is 0.236 e. The third-order valence-electron chi connectivity index (χ3n) is 3.54. The topological polar surface area (TPSA) is 75.4 Å². The molecule has 0 spiro atoms. The second-order valence-corrected chi connectivity index (χ2v) is 5.55. The van der Waals surface area contributed by atoms with E-state index in [0.29, 0.717) is 5.02 Å². The van der Waals surface area contributed by atoms with Crippen LogP contribution in [0, 0.1) is 0 Å². The minimum absolute atomic E-state index is 0. The van der Waals surface area contributed by atoms with Crippen LogP contribution in [0.2, 0.25) is 5.02 Å². The first-order chi connectivity index (χ1) is 9.40. The number of amides is 2. The largest absolute Gasteiger partial charge is 0.349 e. The van der Waals surface area contributed by atoms with E-state index in [-0.39, 0.29) is 42.7 Å². The Balaban J connectivity index is 0.00000220. The Bertz CT molecular complexity index is 519. The van der Waals surface area contributed by atoms with Gasteiger partial charge < -0.3 is 16.0 Å². The molecule has 1 heterocycles. The van der Waals surface area contributed by atoms with Crippen molar-refractivity contribution in [1.82, 2.24) is 10.2 Å². The van der Waals surface area contributed by atoms with Crippen LogP contribution in [0.5, 0.6) is 0 Å². The Morgan fingerprint density at radius 3 is 2.52 bits per heavy atom. The molecule has 5 nitrogen and oxygen atoms in total. The lowest BCUT2D eigenvalue weighted by molar-refractivity contribution is -0.127. The predicted molar refractivity (Wildman–Crippen MR) is 84.4 cm³/mol. The van der Waals surface area contributed by atoms with Gasteiger partial charge in [-0.05, 0) is 24.6 Å². The normalized spacial score (nSPS) is 22.7.